The lowest BCUT2D eigenvalue weighted by Crippen LogP contribution is -2.45. The first-order valence-corrected chi connectivity index (χ1v) is 7.92. The fourth-order valence-corrected chi connectivity index (χ4v) is 3.03. The largest absolute Gasteiger partial charge is 0.609 e. The maximum absolute atomic E-state index is 11.7. The molecule has 7 heteroatoms. The second-order valence-corrected chi connectivity index (χ2v) is 7.66. The molecule has 5 nitrogen and oxygen atoms in total. The summed E-state index contributed by atoms with van der Waals surface area (Å²) < 4.78 is 23.9. The van der Waals surface area contributed by atoms with E-state index in [2.05, 4.69) is 22.6 Å². The molecule has 0 radical (unpaired) electrons. The van der Waals surface area contributed by atoms with Crippen molar-refractivity contribution in [3.8, 4) is 0 Å². The molecule has 0 saturated carbocycles. The zero-order chi connectivity index (χ0) is 15.5. The van der Waals surface area contributed by atoms with Crippen molar-refractivity contribution in [2.24, 2.45) is 0 Å². The van der Waals surface area contributed by atoms with Gasteiger partial charge in [0, 0.05) is 14.8 Å². The summed E-state index contributed by atoms with van der Waals surface area (Å²) in [5.41, 5.74) is -0.389. The number of rotatable bonds is 1. The summed E-state index contributed by atoms with van der Waals surface area (Å²) in [6.07, 6.45) is -0.757. The molecule has 0 N–H and O–H groups in total. The molecule has 0 aromatic heterocycles. The topological polar surface area (TPSA) is 54.0 Å². The van der Waals surface area contributed by atoms with Crippen molar-refractivity contribution in [3.63, 3.8) is 0 Å². The molecule has 0 amide bonds. The Bertz CT molecular complexity index is 568. The Balaban J connectivity index is 2.01. The zero-order valence-corrected chi connectivity index (χ0v) is 14.5. The van der Waals surface area contributed by atoms with Crippen LogP contribution in [0.1, 0.15) is 39.3 Å². The molecular formula is C14H17BIO5-. The molecule has 2 heterocycles. The van der Waals surface area contributed by atoms with Crippen molar-refractivity contribution in [2.45, 2.75) is 44.9 Å². The van der Waals surface area contributed by atoms with Gasteiger partial charge in [0.05, 0.1) is 0 Å². The summed E-state index contributed by atoms with van der Waals surface area (Å²) in [6.45, 7) is 5.36. The molecule has 2 aliphatic heterocycles. The minimum atomic E-state index is -2.31. The smallest absolute Gasteiger partial charge is 0.484 e. The first kappa shape index (κ1) is 15.1. The van der Waals surface area contributed by atoms with Crippen LogP contribution in [-0.4, -0.2) is 24.1 Å². The number of halogens is 1. The summed E-state index contributed by atoms with van der Waals surface area (Å²) >= 11 is 2.22. The van der Waals surface area contributed by atoms with Gasteiger partial charge in [-0.05, 0) is 68.0 Å². The van der Waals surface area contributed by atoms with Crippen molar-refractivity contribution >= 4 is 35.5 Å². The highest BCUT2D eigenvalue weighted by atomic mass is 127. The van der Waals surface area contributed by atoms with Crippen molar-refractivity contribution in [1.29, 1.82) is 0 Å². The van der Waals surface area contributed by atoms with Crippen LogP contribution in [0.2, 0.25) is 0 Å². The van der Waals surface area contributed by atoms with Crippen LogP contribution in [0, 0.1) is 3.57 Å². The van der Waals surface area contributed by atoms with Crippen molar-refractivity contribution < 1.29 is 23.5 Å². The van der Waals surface area contributed by atoms with Gasteiger partial charge < -0.3 is 18.7 Å². The van der Waals surface area contributed by atoms with E-state index in [0.717, 1.165) is 9.13 Å². The minimum Gasteiger partial charge on any atom is -0.609 e. The van der Waals surface area contributed by atoms with Crippen LogP contribution in [-0.2, 0) is 18.7 Å². The first-order valence-electron chi connectivity index (χ1n) is 6.85. The number of ether oxygens (including phenoxy) is 1. The van der Waals surface area contributed by atoms with E-state index in [1.807, 2.05) is 52.0 Å². The van der Waals surface area contributed by atoms with Gasteiger partial charge >= 0.3 is 12.9 Å². The number of carbonyl (C=O) groups is 1. The Morgan fingerprint density at radius 2 is 1.57 bits per heavy atom. The molecule has 1 atom stereocenters. The van der Waals surface area contributed by atoms with E-state index in [1.54, 1.807) is 0 Å². The van der Waals surface area contributed by atoms with Gasteiger partial charge in [-0.25, -0.2) is 4.79 Å². The molecule has 1 aromatic carbocycles. The van der Waals surface area contributed by atoms with Crippen LogP contribution >= 0.6 is 22.6 Å². The van der Waals surface area contributed by atoms with Crippen LogP contribution in [0.5, 0.6) is 0 Å². The minimum absolute atomic E-state index is 0.595. The summed E-state index contributed by atoms with van der Waals surface area (Å²) in [5, 5.41) is 0. The van der Waals surface area contributed by atoms with Crippen LogP contribution in [0.3, 0.4) is 0 Å². The number of benzene rings is 1. The fraction of sp³-hybridized carbons (Fsp3) is 0.500. The molecular weight excluding hydrogens is 386 g/mol. The summed E-state index contributed by atoms with van der Waals surface area (Å²) in [5.74, 6) is 0. The Kier molecular flexibility index (Phi) is 3.31. The molecule has 1 unspecified atom stereocenters. The van der Waals surface area contributed by atoms with Gasteiger partial charge in [0.25, 0.3) is 0 Å². The molecule has 3 rings (SSSR count). The van der Waals surface area contributed by atoms with Crippen LogP contribution in [0.15, 0.2) is 24.3 Å². The Morgan fingerprint density at radius 1 is 1.05 bits per heavy atom. The van der Waals surface area contributed by atoms with E-state index in [0.29, 0.717) is 0 Å². The molecule has 0 bridgehead atoms. The third-order valence-corrected chi connectivity index (χ3v) is 5.14. The number of hydrogen-bond donors (Lipinski definition) is 0. The molecule has 114 valence electrons. The van der Waals surface area contributed by atoms with E-state index in [-0.39, 0.29) is 0 Å². The third-order valence-electron chi connectivity index (χ3n) is 4.42. The van der Waals surface area contributed by atoms with E-state index < -0.39 is 30.1 Å². The number of cyclic esters (lactones) is 1. The highest BCUT2D eigenvalue weighted by Gasteiger charge is 2.63. The van der Waals surface area contributed by atoms with Crippen LogP contribution < -0.4 is 0 Å². The van der Waals surface area contributed by atoms with Gasteiger partial charge in [0.15, 0.2) is 0 Å². The van der Waals surface area contributed by atoms with Crippen molar-refractivity contribution in [1.82, 2.24) is 0 Å². The number of hydrogen-bond acceptors (Lipinski definition) is 5. The van der Waals surface area contributed by atoms with Crippen LogP contribution in [0.25, 0.3) is 0 Å². The van der Waals surface area contributed by atoms with Crippen molar-refractivity contribution in [3.05, 3.63) is 33.4 Å². The number of carbonyl (C=O) groups excluding carboxylic acids is 1. The van der Waals surface area contributed by atoms with Gasteiger partial charge in [-0.3, -0.25) is 0 Å². The summed E-state index contributed by atoms with van der Waals surface area (Å²) in [4.78, 5) is 11.7. The fourth-order valence-electron chi connectivity index (χ4n) is 2.67. The molecule has 2 aliphatic rings. The van der Waals surface area contributed by atoms with E-state index in [4.69, 9.17) is 18.7 Å². The summed E-state index contributed by atoms with van der Waals surface area (Å²) in [7, 11) is 0. The average molecular weight is 403 g/mol. The maximum Gasteiger partial charge on any atom is 0.484 e. The quantitative estimate of drug-likeness (QED) is 0.408. The van der Waals surface area contributed by atoms with Gasteiger partial charge in [-0.1, -0.05) is 12.1 Å². The van der Waals surface area contributed by atoms with E-state index in [1.165, 1.54) is 0 Å². The Labute approximate surface area is 137 Å². The lowest BCUT2D eigenvalue weighted by atomic mass is 9.68. The van der Waals surface area contributed by atoms with Gasteiger partial charge in [0.2, 0.25) is 0 Å². The second-order valence-electron chi connectivity index (χ2n) is 6.41. The molecule has 1 spiro atoms. The highest BCUT2D eigenvalue weighted by molar-refractivity contribution is 14.1. The first-order chi connectivity index (χ1) is 9.65. The Hall–Kier alpha value is -0.795. The molecule has 21 heavy (non-hydrogen) atoms. The normalized spacial score (nSPS) is 28.4. The van der Waals surface area contributed by atoms with Gasteiger partial charge in [-0.15, -0.1) is 0 Å². The molecule has 1 aromatic rings. The van der Waals surface area contributed by atoms with E-state index in [9.17, 15) is 4.79 Å². The highest BCUT2D eigenvalue weighted by Crippen LogP contribution is 2.50. The van der Waals surface area contributed by atoms with Crippen molar-refractivity contribution in [2.75, 3.05) is 0 Å². The van der Waals surface area contributed by atoms with E-state index >= 15 is 0 Å². The SMILES string of the molecule is CC1(C)O[B-]2(OC(=O)OC2c2ccc(I)cc2)OC1(C)C. The second kappa shape index (κ2) is 4.60. The predicted molar refractivity (Wildman–Crippen MR) is 85.5 cm³/mol. The average Bonchev–Trinajstić information content (AvgIpc) is 2.73. The van der Waals surface area contributed by atoms with Gasteiger partial charge in [0.1, 0.15) is 6.00 Å². The lowest BCUT2D eigenvalue weighted by Gasteiger charge is -2.36. The predicted octanol–water partition coefficient (Wildman–Crippen LogP) is 3.58. The standard InChI is InChI=1S/C14H17BIO5/c1-13(2)14(3,4)21-15(20-13)11(18-12(17)19-15)9-5-7-10(16)8-6-9/h5-8,11H,1-4H3/q-1. The van der Waals surface area contributed by atoms with Crippen LogP contribution in [0.4, 0.5) is 4.79 Å². The zero-order valence-electron chi connectivity index (χ0n) is 12.4. The lowest BCUT2D eigenvalue weighted by molar-refractivity contribution is 0.00578. The molecule has 2 saturated heterocycles. The van der Waals surface area contributed by atoms with Gasteiger partial charge in [-0.2, -0.15) is 0 Å². The molecule has 2 fully saturated rings. The monoisotopic (exact) mass is 403 g/mol. The Morgan fingerprint density at radius 3 is 2.10 bits per heavy atom. The molecule has 0 aliphatic carbocycles. The summed E-state index contributed by atoms with van der Waals surface area (Å²) in [6, 6.07) is 6.98. The third kappa shape index (κ3) is 2.35. The maximum atomic E-state index is 11.7.